The second-order valence-corrected chi connectivity index (χ2v) is 4.92. The lowest BCUT2D eigenvalue weighted by atomic mass is 10.1. The summed E-state index contributed by atoms with van der Waals surface area (Å²) in [6.45, 7) is 3.67. The zero-order valence-corrected chi connectivity index (χ0v) is 11.9. The van der Waals surface area contributed by atoms with Crippen LogP contribution in [0.3, 0.4) is 0 Å². The van der Waals surface area contributed by atoms with E-state index in [4.69, 9.17) is 14.6 Å². The topological polar surface area (TPSA) is 98.9 Å². The van der Waals surface area contributed by atoms with Gasteiger partial charge in [-0.3, -0.25) is 10.1 Å². The number of benzene rings is 1. The van der Waals surface area contributed by atoms with Crippen molar-refractivity contribution in [2.75, 3.05) is 13.7 Å². The first-order valence-corrected chi connectivity index (χ1v) is 6.07. The van der Waals surface area contributed by atoms with Crippen LogP contribution < -0.4 is 4.74 Å². The number of nitro groups is 1. The van der Waals surface area contributed by atoms with Crippen molar-refractivity contribution in [3.8, 4) is 5.75 Å². The molecular formula is C13H16FNO6. The number of carbonyl (C=O) groups is 1. The number of rotatable bonds is 7. The molecule has 0 saturated heterocycles. The van der Waals surface area contributed by atoms with Crippen LogP contribution in [0.15, 0.2) is 12.1 Å². The van der Waals surface area contributed by atoms with Crippen LogP contribution in [0.25, 0.3) is 0 Å². The molecule has 8 heteroatoms. The van der Waals surface area contributed by atoms with Gasteiger partial charge < -0.3 is 14.6 Å². The largest absolute Gasteiger partial charge is 0.487 e. The van der Waals surface area contributed by atoms with E-state index in [1.54, 1.807) is 13.8 Å². The van der Waals surface area contributed by atoms with Gasteiger partial charge in [0.15, 0.2) is 5.75 Å². The van der Waals surface area contributed by atoms with Crippen LogP contribution in [-0.4, -0.2) is 35.3 Å². The Labute approximate surface area is 120 Å². The van der Waals surface area contributed by atoms with Gasteiger partial charge in [0.1, 0.15) is 5.82 Å². The lowest BCUT2D eigenvalue weighted by Crippen LogP contribution is -2.25. The molecule has 7 nitrogen and oxygen atoms in total. The van der Waals surface area contributed by atoms with E-state index in [-0.39, 0.29) is 12.4 Å². The average molecular weight is 301 g/mol. The highest BCUT2D eigenvalue weighted by molar-refractivity contribution is 5.89. The van der Waals surface area contributed by atoms with Gasteiger partial charge in [0.2, 0.25) is 0 Å². The molecule has 1 N–H and O–H groups in total. The van der Waals surface area contributed by atoms with Gasteiger partial charge in [0, 0.05) is 19.6 Å². The number of carboxylic acids is 1. The van der Waals surface area contributed by atoms with Crippen molar-refractivity contribution < 1.29 is 28.7 Å². The number of hydrogen-bond acceptors (Lipinski definition) is 5. The van der Waals surface area contributed by atoms with Crippen molar-refractivity contribution in [3.05, 3.63) is 33.6 Å². The average Bonchev–Trinajstić information content (AvgIpc) is 2.39. The third-order valence-corrected chi connectivity index (χ3v) is 2.99. The first-order chi connectivity index (χ1) is 9.68. The Kier molecular flexibility index (Phi) is 5.20. The highest BCUT2D eigenvalue weighted by Crippen LogP contribution is 2.30. The van der Waals surface area contributed by atoms with Crippen LogP contribution >= 0.6 is 0 Å². The summed E-state index contributed by atoms with van der Waals surface area (Å²) in [7, 11) is 1.52. The Balaban J connectivity index is 3.01. The van der Waals surface area contributed by atoms with E-state index in [0.29, 0.717) is 12.5 Å². The van der Waals surface area contributed by atoms with Crippen LogP contribution in [0.2, 0.25) is 0 Å². The molecule has 0 unspecified atom stereocenters. The Hall–Kier alpha value is -2.22. The maximum atomic E-state index is 13.4. The van der Waals surface area contributed by atoms with Crippen molar-refractivity contribution in [3.63, 3.8) is 0 Å². The second kappa shape index (κ2) is 6.49. The van der Waals surface area contributed by atoms with Gasteiger partial charge >= 0.3 is 11.7 Å². The molecule has 21 heavy (non-hydrogen) atoms. The summed E-state index contributed by atoms with van der Waals surface area (Å²) in [5.74, 6) is -2.99. The fourth-order valence-corrected chi connectivity index (χ4v) is 1.47. The molecule has 0 aliphatic heterocycles. The Bertz CT molecular complexity index is 558. The molecule has 0 aromatic heterocycles. The highest BCUT2D eigenvalue weighted by Gasteiger charge is 2.24. The maximum absolute atomic E-state index is 13.4. The van der Waals surface area contributed by atoms with E-state index in [1.807, 2.05) is 0 Å². The summed E-state index contributed by atoms with van der Waals surface area (Å²) in [5.41, 5.74) is -1.79. The Morgan fingerprint density at radius 3 is 2.57 bits per heavy atom. The van der Waals surface area contributed by atoms with Gasteiger partial charge in [-0.2, -0.15) is 0 Å². The predicted octanol–water partition coefficient (Wildman–Crippen LogP) is 2.63. The summed E-state index contributed by atoms with van der Waals surface area (Å²) in [5, 5.41) is 19.7. The van der Waals surface area contributed by atoms with E-state index in [9.17, 15) is 19.3 Å². The fraction of sp³-hybridized carbons (Fsp3) is 0.462. The SMILES string of the molecule is COC(C)(C)CCOc1cc(C(=O)O)c(F)cc1[N+](=O)[O-]. The molecule has 0 aliphatic rings. The summed E-state index contributed by atoms with van der Waals surface area (Å²) < 4.78 is 23.8. The number of carboxylic acid groups (broad SMARTS) is 1. The molecule has 1 rings (SSSR count). The Morgan fingerprint density at radius 1 is 1.48 bits per heavy atom. The minimum atomic E-state index is -1.52. The number of hydrogen-bond donors (Lipinski definition) is 1. The molecule has 0 bridgehead atoms. The van der Waals surface area contributed by atoms with Crippen molar-refractivity contribution in [2.45, 2.75) is 25.9 Å². The summed E-state index contributed by atoms with van der Waals surface area (Å²) in [4.78, 5) is 20.9. The summed E-state index contributed by atoms with van der Waals surface area (Å²) in [6.07, 6.45) is 0.417. The number of ether oxygens (including phenoxy) is 2. The van der Waals surface area contributed by atoms with Gasteiger partial charge in [-0.25, -0.2) is 9.18 Å². The van der Waals surface area contributed by atoms with Crippen LogP contribution in [0, 0.1) is 15.9 Å². The van der Waals surface area contributed by atoms with Crippen LogP contribution in [0.1, 0.15) is 30.6 Å². The van der Waals surface area contributed by atoms with Crippen molar-refractivity contribution in [2.24, 2.45) is 0 Å². The van der Waals surface area contributed by atoms with Crippen molar-refractivity contribution in [1.82, 2.24) is 0 Å². The van der Waals surface area contributed by atoms with E-state index in [1.165, 1.54) is 7.11 Å². The number of nitro benzene ring substituents is 1. The number of methoxy groups -OCH3 is 1. The van der Waals surface area contributed by atoms with Gasteiger partial charge in [0.25, 0.3) is 0 Å². The standard InChI is InChI=1S/C13H16FNO6/c1-13(2,20-3)4-5-21-11-6-8(12(16)17)9(14)7-10(11)15(18)19/h6-7H,4-5H2,1-3H3,(H,16,17). The molecule has 116 valence electrons. The first-order valence-electron chi connectivity index (χ1n) is 6.07. The van der Waals surface area contributed by atoms with Crippen LogP contribution in [0.4, 0.5) is 10.1 Å². The molecule has 1 aromatic carbocycles. The summed E-state index contributed by atoms with van der Waals surface area (Å²) >= 11 is 0. The van der Waals surface area contributed by atoms with Gasteiger partial charge in [-0.05, 0) is 13.8 Å². The van der Waals surface area contributed by atoms with Crippen LogP contribution in [0.5, 0.6) is 5.75 Å². The van der Waals surface area contributed by atoms with E-state index in [2.05, 4.69) is 0 Å². The highest BCUT2D eigenvalue weighted by atomic mass is 19.1. The number of halogens is 1. The van der Waals surface area contributed by atoms with Crippen molar-refractivity contribution in [1.29, 1.82) is 0 Å². The molecule has 1 aromatic rings. The minimum absolute atomic E-state index is 0.0619. The normalized spacial score (nSPS) is 11.2. The van der Waals surface area contributed by atoms with Gasteiger partial charge in [-0.1, -0.05) is 0 Å². The zero-order valence-electron chi connectivity index (χ0n) is 11.9. The zero-order chi connectivity index (χ0) is 16.2. The predicted molar refractivity (Wildman–Crippen MR) is 71.2 cm³/mol. The van der Waals surface area contributed by atoms with Crippen LogP contribution in [-0.2, 0) is 4.74 Å². The molecule has 0 amide bonds. The second-order valence-electron chi connectivity index (χ2n) is 4.92. The van der Waals surface area contributed by atoms with E-state index < -0.39 is 33.6 Å². The van der Waals surface area contributed by atoms with E-state index in [0.717, 1.165) is 6.07 Å². The molecule has 0 atom stereocenters. The quantitative estimate of drug-likeness (QED) is 0.614. The first kappa shape index (κ1) is 16.8. The lowest BCUT2D eigenvalue weighted by Gasteiger charge is -2.22. The molecule has 0 spiro atoms. The molecule has 0 radical (unpaired) electrons. The summed E-state index contributed by atoms with van der Waals surface area (Å²) in [6, 6.07) is 1.36. The maximum Gasteiger partial charge on any atom is 0.338 e. The lowest BCUT2D eigenvalue weighted by molar-refractivity contribution is -0.386. The molecule has 0 heterocycles. The molecular weight excluding hydrogens is 285 g/mol. The smallest absolute Gasteiger partial charge is 0.338 e. The molecule has 0 saturated carbocycles. The van der Waals surface area contributed by atoms with Gasteiger partial charge in [-0.15, -0.1) is 0 Å². The van der Waals surface area contributed by atoms with Crippen molar-refractivity contribution >= 4 is 11.7 Å². The minimum Gasteiger partial charge on any atom is -0.487 e. The number of nitrogens with zero attached hydrogens (tertiary/aromatic N) is 1. The van der Waals surface area contributed by atoms with Gasteiger partial charge in [0.05, 0.1) is 28.8 Å². The number of aromatic carboxylic acids is 1. The third kappa shape index (κ3) is 4.38. The van der Waals surface area contributed by atoms with E-state index >= 15 is 0 Å². The third-order valence-electron chi connectivity index (χ3n) is 2.99. The molecule has 0 aliphatic carbocycles. The Morgan fingerprint density at radius 2 is 2.10 bits per heavy atom. The fourth-order valence-electron chi connectivity index (χ4n) is 1.47. The molecule has 0 fully saturated rings. The monoisotopic (exact) mass is 301 g/mol.